The van der Waals surface area contributed by atoms with E-state index in [0.717, 1.165) is 19.4 Å². The van der Waals surface area contributed by atoms with Crippen LogP contribution in [0.1, 0.15) is 38.2 Å². The third-order valence-electron chi connectivity index (χ3n) is 4.55. The topological polar surface area (TPSA) is 69.6 Å². The fourth-order valence-corrected chi connectivity index (χ4v) is 3.06. The average Bonchev–Trinajstić information content (AvgIpc) is 2.55. The van der Waals surface area contributed by atoms with Crippen LogP contribution in [0.2, 0.25) is 0 Å². The number of carboxylic acid groups (broad SMARTS) is 1. The maximum Gasteiger partial charge on any atom is 0.326 e. The molecule has 1 saturated heterocycles. The van der Waals surface area contributed by atoms with Crippen LogP contribution in [-0.2, 0) is 16.0 Å². The van der Waals surface area contributed by atoms with Crippen molar-refractivity contribution in [1.29, 1.82) is 0 Å². The van der Waals surface area contributed by atoms with Gasteiger partial charge in [-0.05, 0) is 44.0 Å². The first-order valence-electron chi connectivity index (χ1n) is 8.46. The van der Waals surface area contributed by atoms with E-state index in [4.69, 9.17) is 0 Å². The van der Waals surface area contributed by atoms with E-state index < -0.39 is 12.0 Å². The molecule has 2 atom stereocenters. The maximum absolute atomic E-state index is 12.9. The molecule has 5 nitrogen and oxygen atoms in total. The van der Waals surface area contributed by atoms with E-state index in [1.54, 1.807) is 0 Å². The molecule has 1 fully saturated rings. The molecule has 2 N–H and O–H groups in total. The van der Waals surface area contributed by atoms with Crippen LogP contribution in [0.4, 0.5) is 4.39 Å². The van der Waals surface area contributed by atoms with Gasteiger partial charge in [-0.1, -0.05) is 18.6 Å². The smallest absolute Gasteiger partial charge is 0.326 e. The zero-order valence-electron chi connectivity index (χ0n) is 14.0. The lowest BCUT2D eigenvalue weighted by Crippen LogP contribution is -2.44. The summed E-state index contributed by atoms with van der Waals surface area (Å²) in [5.74, 6) is -1.72. The number of benzene rings is 1. The van der Waals surface area contributed by atoms with Gasteiger partial charge in [-0.2, -0.15) is 0 Å². The summed E-state index contributed by atoms with van der Waals surface area (Å²) in [5, 5.41) is 11.9. The summed E-state index contributed by atoms with van der Waals surface area (Å²) < 4.78 is 12.9. The molecule has 1 aromatic carbocycles. The minimum Gasteiger partial charge on any atom is -0.480 e. The van der Waals surface area contributed by atoms with Gasteiger partial charge in [0.25, 0.3) is 0 Å². The molecule has 2 unspecified atom stereocenters. The molecule has 1 aliphatic heterocycles. The predicted octanol–water partition coefficient (Wildman–Crippen LogP) is 2.20. The van der Waals surface area contributed by atoms with Gasteiger partial charge in [-0.15, -0.1) is 0 Å². The summed E-state index contributed by atoms with van der Waals surface area (Å²) in [6, 6.07) is 5.11. The molecule has 0 aromatic heterocycles. The maximum atomic E-state index is 12.9. The second-order valence-corrected chi connectivity index (χ2v) is 6.42. The third kappa shape index (κ3) is 5.60. The first-order valence-corrected chi connectivity index (χ1v) is 8.46. The number of nitrogens with zero attached hydrogens (tertiary/aromatic N) is 1. The first-order chi connectivity index (χ1) is 11.5. The zero-order chi connectivity index (χ0) is 17.5. The van der Waals surface area contributed by atoms with Gasteiger partial charge >= 0.3 is 5.97 Å². The van der Waals surface area contributed by atoms with Gasteiger partial charge in [0.2, 0.25) is 5.91 Å². The van der Waals surface area contributed by atoms with Gasteiger partial charge in [0.05, 0.1) is 0 Å². The number of aliphatic carboxylic acids is 1. The van der Waals surface area contributed by atoms with Crippen LogP contribution >= 0.6 is 0 Å². The molecule has 1 aromatic rings. The molecule has 0 saturated carbocycles. The monoisotopic (exact) mass is 336 g/mol. The largest absolute Gasteiger partial charge is 0.480 e. The van der Waals surface area contributed by atoms with Crippen molar-refractivity contribution in [2.45, 2.75) is 51.1 Å². The molecule has 0 aliphatic carbocycles. The number of hydrogen-bond donors (Lipinski definition) is 2. The highest BCUT2D eigenvalue weighted by atomic mass is 19.1. The lowest BCUT2D eigenvalue weighted by molar-refractivity contribution is -0.141. The highest BCUT2D eigenvalue weighted by Crippen LogP contribution is 2.16. The Morgan fingerprint density at radius 3 is 2.67 bits per heavy atom. The second-order valence-electron chi connectivity index (χ2n) is 6.42. The highest BCUT2D eigenvalue weighted by molar-refractivity contribution is 5.83. The molecule has 0 bridgehead atoms. The Morgan fingerprint density at radius 1 is 1.33 bits per heavy atom. The Hall–Kier alpha value is -1.95. The van der Waals surface area contributed by atoms with Crippen molar-refractivity contribution in [3.63, 3.8) is 0 Å². The van der Waals surface area contributed by atoms with E-state index in [1.807, 2.05) is 0 Å². The molecule has 1 heterocycles. The van der Waals surface area contributed by atoms with E-state index in [2.05, 4.69) is 17.1 Å². The van der Waals surface area contributed by atoms with Crippen molar-refractivity contribution >= 4 is 11.9 Å². The molecule has 132 valence electrons. The Morgan fingerprint density at radius 2 is 2.04 bits per heavy atom. The first kappa shape index (κ1) is 18.4. The summed E-state index contributed by atoms with van der Waals surface area (Å²) in [4.78, 5) is 25.7. The van der Waals surface area contributed by atoms with Gasteiger partial charge in [-0.3, -0.25) is 4.79 Å². The van der Waals surface area contributed by atoms with Crippen LogP contribution < -0.4 is 5.32 Å². The van der Waals surface area contributed by atoms with Crippen LogP contribution in [0.3, 0.4) is 0 Å². The standard InChI is InChI=1S/C18H25FN2O3/c1-13-4-2-3-10-21(13)11-9-17(22)20-16(18(23)24)12-14-5-7-15(19)8-6-14/h5-8,13,16H,2-4,9-12H2,1H3,(H,20,22)(H,23,24). The van der Waals surface area contributed by atoms with E-state index in [-0.39, 0.29) is 24.6 Å². The van der Waals surface area contributed by atoms with Crippen molar-refractivity contribution < 1.29 is 19.1 Å². The molecule has 2 rings (SSSR count). The summed E-state index contributed by atoms with van der Waals surface area (Å²) in [6.07, 6.45) is 3.94. The van der Waals surface area contributed by atoms with E-state index in [0.29, 0.717) is 18.2 Å². The minimum atomic E-state index is -1.08. The van der Waals surface area contributed by atoms with Gasteiger partial charge in [0.1, 0.15) is 11.9 Å². The Kier molecular flexibility index (Phi) is 6.73. The highest BCUT2D eigenvalue weighted by Gasteiger charge is 2.22. The lowest BCUT2D eigenvalue weighted by Gasteiger charge is -2.33. The summed E-state index contributed by atoms with van der Waals surface area (Å²) in [7, 11) is 0. The molecule has 0 radical (unpaired) electrons. The molecule has 6 heteroatoms. The molecular formula is C18H25FN2O3. The average molecular weight is 336 g/mol. The van der Waals surface area contributed by atoms with Crippen LogP contribution in [0.15, 0.2) is 24.3 Å². The Bertz CT molecular complexity index is 562. The van der Waals surface area contributed by atoms with Crippen LogP contribution in [0.25, 0.3) is 0 Å². The zero-order valence-corrected chi connectivity index (χ0v) is 14.0. The van der Waals surface area contributed by atoms with Crippen molar-refractivity contribution in [2.75, 3.05) is 13.1 Å². The number of amides is 1. The van der Waals surface area contributed by atoms with Crippen LogP contribution in [0, 0.1) is 5.82 Å². The van der Waals surface area contributed by atoms with E-state index in [1.165, 1.54) is 30.7 Å². The van der Waals surface area contributed by atoms with Crippen LogP contribution in [0.5, 0.6) is 0 Å². The number of likely N-dealkylation sites (tertiary alicyclic amines) is 1. The van der Waals surface area contributed by atoms with Gasteiger partial charge in [0.15, 0.2) is 0 Å². The number of rotatable bonds is 7. The molecule has 24 heavy (non-hydrogen) atoms. The SMILES string of the molecule is CC1CCCCN1CCC(=O)NC(Cc1ccc(F)cc1)C(=O)O. The number of carbonyl (C=O) groups is 2. The summed E-state index contributed by atoms with van der Waals surface area (Å²) in [5.41, 5.74) is 0.675. The number of nitrogens with one attached hydrogen (secondary N) is 1. The minimum absolute atomic E-state index is 0.140. The van der Waals surface area contributed by atoms with Gasteiger partial charge in [0, 0.05) is 25.4 Å². The molecule has 1 amide bonds. The number of hydrogen-bond acceptors (Lipinski definition) is 3. The van der Waals surface area contributed by atoms with Crippen molar-refractivity contribution in [3.8, 4) is 0 Å². The lowest BCUT2D eigenvalue weighted by atomic mass is 10.0. The number of halogens is 1. The summed E-state index contributed by atoms with van der Waals surface area (Å²) >= 11 is 0. The Labute approximate surface area is 141 Å². The van der Waals surface area contributed by atoms with E-state index in [9.17, 15) is 19.1 Å². The third-order valence-corrected chi connectivity index (χ3v) is 4.55. The second kappa shape index (κ2) is 8.78. The van der Waals surface area contributed by atoms with Crippen molar-refractivity contribution in [3.05, 3.63) is 35.6 Å². The molecule has 1 aliphatic rings. The molecule has 0 spiro atoms. The predicted molar refractivity (Wildman–Crippen MR) is 89.2 cm³/mol. The van der Waals surface area contributed by atoms with Crippen LogP contribution in [-0.4, -0.2) is 47.1 Å². The number of piperidine rings is 1. The summed E-state index contributed by atoms with van der Waals surface area (Å²) in [6.45, 7) is 3.80. The quantitative estimate of drug-likeness (QED) is 0.801. The Balaban J connectivity index is 1.84. The molecular weight excluding hydrogens is 311 g/mol. The number of carbonyl (C=O) groups excluding carboxylic acids is 1. The fourth-order valence-electron chi connectivity index (χ4n) is 3.06. The van der Waals surface area contributed by atoms with Crippen molar-refractivity contribution in [2.24, 2.45) is 0 Å². The number of carboxylic acids is 1. The van der Waals surface area contributed by atoms with Crippen molar-refractivity contribution in [1.82, 2.24) is 10.2 Å². The normalized spacial score (nSPS) is 19.7. The van der Waals surface area contributed by atoms with Gasteiger partial charge < -0.3 is 15.3 Å². The van der Waals surface area contributed by atoms with Gasteiger partial charge in [-0.25, -0.2) is 9.18 Å². The van der Waals surface area contributed by atoms with E-state index >= 15 is 0 Å². The fraction of sp³-hybridized carbons (Fsp3) is 0.556.